The molecule has 1 amide bonds. The molecule has 1 rings (SSSR count). The first-order chi connectivity index (χ1) is 9.22. The van der Waals surface area contributed by atoms with E-state index >= 15 is 0 Å². The van der Waals surface area contributed by atoms with Crippen LogP contribution >= 0.6 is 11.5 Å². The summed E-state index contributed by atoms with van der Waals surface area (Å²) >= 11 is 0.940. The Morgan fingerprint density at radius 1 is 1.45 bits per heavy atom. The number of carbonyl (C=O) groups excluding carboxylic acids is 1. The van der Waals surface area contributed by atoms with E-state index in [1.165, 1.54) is 0 Å². The van der Waals surface area contributed by atoms with Crippen LogP contribution in [0, 0.1) is 0 Å². The van der Waals surface area contributed by atoms with E-state index in [0.717, 1.165) is 17.8 Å². The molecule has 1 heterocycles. The van der Waals surface area contributed by atoms with Gasteiger partial charge in [0.25, 0.3) is 0 Å². The topological polar surface area (TPSA) is 105 Å². The number of nitrogens with two attached hydrogens (primary N) is 1. The Balaban J connectivity index is 2.98. The fraction of sp³-hybridized carbons (Fsp3) is 0.636. The minimum Gasteiger partial charge on any atom is -0.382 e. The Labute approximate surface area is 123 Å². The molecule has 0 aliphatic carbocycles. The van der Waals surface area contributed by atoms with Gasteiger partial charge in [0.1, 0.15) is 15.9 Å². The Kier molecular flexibility index (Phi) is 5.35. The average Bonchev–Trinajstić information content (AvgIpc) is 2.71. The summed E-state index contributed by atoms with van der Waals surface area (Å²) in [5.41, 5.74) is 5.58. The summed E-state index contributed by atoms with van der Waals surface area (Å²) in [5.74, 6) is -0.135. The number of nitrogen functional groups attached to an aromatic ring is 1. The zero-order chi connectivity index (χ0) is 15.5. The van der Waals surface area contributed by atoms with E-state index in [-0.39, 0.29) is 16.6 Å². The molecule has 0 fully saturated rings. The molecule has 1 unspecified atom stereocenters. The molecule has 0 spiro atoms. The molecule has 9 heteroatoms. The van der Waals surface area contributed by atoms with Crippen molar-refractivity contribution in [1.29, 1.82) is 0 Å². The van der Waals surface area contributed by atoms with E-state index in [4.69, 9.17) is 5.73 Å². The lowest BCUT2D eigenvalue weighted by Crippen LogP contribution is -2.41. The molecule has 0 aromatic carbocycles. The van der Waals surface area contributed by atoms with Gasteiger partial charge in [0.15, 0.2) is 15.7 Å². The monoisotopic (exact) mass is 320 g/mol. The van der Waals surface area contributed by atoms with E-state index < -0.39 is 15.9 Å². The van der Waals surface area contributed by atoms with Crippen LogP contribution in [-0.4, -0.2) is 49.0 Å². The van der Waals surface area contributed by atoms with Crippen LogP contribution in [0.15, 0.2) is 4.90 Å². The number of likely N-dealkylation sites (N-methyl/N-ethyl adjacent to an activating group) is 1. The molecule has 0 saturated heterocycles. The molecule has 0 saturated carbocycles. The first-order valence-electron chi connectivity index (χ1n) is 6.22. The zero-order valence-corrected chi connectivity index (χ0v) is 13.6. The van der Waals surface area contributed by atoms with Crippen molar-refractivity contribution in [3.8, 4) is 0 Å². The highest BCUT2D eigenvalue weighted by Crippen LogP contribution is 2.31. The van der Waals surface area contributed by atoms with Gasteiger partial charge in [-0.05, 0) is 32.3 Å². The van der Waals surface area contributed by atoms with Crippen LogP contribution in [0.5, 0.6) is 0 Å². The van der Waals surface area contributed by atoms with Crippen molar-refractivity contribution in [3.63, 3.8) is 0 Å². The standard InChI is InChI=1S/C11H20N4O3S2/c1-5-15(6-2)11(16)7(3)13-10-8(20(4,17)18)9(12)14-19-10/h7,13H,5-6H2,1-4H3,(H2,12,14). The third-order valence-electron chi connectivity index (χ3n) is 2.84. The number of anilines is 2. The molecule has 1 aromatic heterocycles. The average molecular weight is 320 g/mol. The van der Waals surface area contributed by atoms with Gasteiger partial charge in [0, 0.05) is 19.3 Å². The number of hydrogen-bond donors (Lipinski definition) is 2. The second-order valence-electron chi connectivity index (χ2n) is 4.37. The number of rotatable bonds is 6. The van der Waals surface area contributed by atoms with Crippen molar-refractivity contribution in [3.05, 3.63) is 0 Å². The second kappa shape index (κ2) is 6.40. The Hall–Kier alpha value is -1.35. The van der Waals surface area contributed by atoms with Crippen molar-refractivity contribution < 1.29 is 13.2 Å². The SMILES string of the molecule is CCN(CC)C(=O)C(C)Nc1snc(N)c1S(C)(=O)=O. The van der Waals surface area contributed by atoms with Crippen molar-refractivity contribution in [2.75, 3.05) is 30.4 Å². The van der Waals surface area contributed by atoms with Gasteiger partial charge in [0.2, 0.25) is 5.91 Å². The van der Waals surface area contributed by atoms with Crippen LogP contribution in [0.2, 0.25) is 0 Å². The molecule has 7 nitrogen and oxygen atoms in total. The fourth-order valence-corrected chi connectivity index (χ4v) is 3.95. The molecule has 0 aliphatic heterocycles. The summed E-state index contributed by atoms with van der Waals surface area (Å²) in [6.07, 6.45) is 1.06. The summed E-state index contributed by atoms with van der Waals surface area (Å²) in [6.45, 7) is 6.67. The Bertz CT molecular complexity index is 578. The predicted octanol–water partition coefficient (Wildman–Crippen LogP) is 0.798. The second-order valence-corrected chi connectivity index (χ2v) is 7.10. The smallest absolute Gasteiger partial charge is 0.244 e. The first kappa shape index (κ1) is 16.7. The predicted molar refractivity (Wildman–Crippen MR) is 80.6 cm³/mol. The van der Waals surface area contributed by atoms with Crippen LogP contribution in [0.1, 0.15) is 20.8 Å². The van der Waals surface area contributed by atoms with Crippen LogP contribution in [-0.2, 0) is 14.6 Å². The number of amides is 1. The maximum atomic E-state index is 12.1. The van der Waals surface area contributed by atoms with Gasteiger partial charge >= 0.3 is 0 Å². The van der Waals surface area contributed by atoms with Gasteiger partial charge < -0.3 is 16.0 Å². The third-order valence-corrected chi connectivity index (χ3v) is 4.91. The van der Waals surface area contributed by atoms with Gasteiger partial charge in [-0.2, -0.15) is 4.37 Å². The van der Waals surface area contributed by atoms with Crippen molar-refractivity contribution in [2.45, 2.75) is 31.7 Å². The Morgan fingerprint density at radius 3 is 2.45 bits per heavy atom. The van der Waals surface area contributed by atoms with Crippen LogP contribution < -0.4 is 11.1 Å². The van der Waals surface area contributed by atoms with Gasteiger partial charge in [-0.25, -0.2) is 8.42 Å². The molecular weight excluding hydrogens is 300 g/mol. The minimum absolute atomic E-state index is 0.0394. The highest BCUT2D eigenvalue weighted by atomic mass is 32.2. The minimum atomic E-state index is -3.49. The molecule has 0 radical (unpaired) electrons. The molecular formula is C11H20N4O3S2. The normalized spacial score (nSPS) is 13.0. The van der Waals surface area contributed by atoms with Crippen molar-refractivity contribution in [2.24, 2.45) is 0 Å². The number of nitrogens with one attached hydrogen (secondary N) is 1. The highest BCUT2D eigenvalue weighted by Gasteiger charge is 2.25. The lowest BCUT2D eigenvalue weighted by Gasteiger charge is -2.23. The first-order valence-corrected chi connectivity index (χ1v) is 8.89. The molecule has 1 atom stereocenters. The van der Waals surface area contributed by atoms with Crippen LogP contribution in [0.25, 0.3) is 0 Å². The highest BCUT2D eigenvalue weighted by molar-refractivity contribution is 7.91. The summed E-state index contributed by atoms with van der Waals surface area (Å²) in [6, 6.07) is -0.546. The maximum Gasteiger partial charge on any atom is 0.244 e. The van der Waals surface area contributed by atoms with Gasteiger partial charge in [-0.1, -0.05) is 0 Å². The van der Waals surface area contributed by atoms with E-state index in [1.54, 1.807) is 11.8 Å². The molecule has 3 N–H and O–H groups in total. The number of aromatic nitrogens is 1. The zero-order valence-electron chi connectivity index (χ0n) is 12.0. The van der Waals surface area contributed by atoms with Gasteiger partial charge in [0.05, 0.1) is 0 Å². The molecule has 0 aliphatic rings. The largest absolute Gasteiger partial charge is 0.382 e. The van der Waals surface area contributed by atoms with Crippen LogP contribution in [0.3, 0.4) is 0 Å². The third kappa shape index (κ3) is 3.60. The quantitative estimate of drug-likeness (QED) is 0.803. The van der Waals surface area contributed by atoms with Crippen molar-refractivity contribution >= 4 is 38.1 Å². The van der Waals surface area contributed by atoms with E-state index in [0.29, 0.717) is 18.1 Å². The summed E-state index contributed by atoms with van der Waals surface area (Å²) in [7, 11) is -3.49. The molecule has 0 bridgehead atoms. The van der Waals surface area contributed by atoms with Crippen molar-refractivity contribution in [1.82, 2.24) is 9.27 Å². The number of hydrogen-bond acceptors (Lipinski definition) is 7. The maximum absolute atomic E-state index is 12.1. The van der Waals surface area contributed by atoms with E-state index in [2.05, 4.69) is 9.69 Å². The van der Waals surface area contributed by atoms with Gasteiger partial charge in [-0.3, -0.25) is 4.79 Å². The lowest BCUT2D eigenvalue weighted by molar-refractivity contribution is -0.131. The summed E-state index contributed by atoms with van der Waals surface area (Å²) in [5, 5.41) is 3.20. The Morgan fingerprint density at radius 2 is 2.00 bits per heavy atom. The number of sulfone groups is 1. The number of carbonyl (C=O) groups is 1. The molecule has 114 valence electrons. The summed E-state index contributed by atoms with van der Waals surface area (Å²) < 4.78 is 27.2. The van der Waals surface area contributed by atoms with Gasteiger partial charge in [-0.15, -0.1) is 0 Å². The summed E-state index contributed by atoms with van der Waals surface area (Å²) in [4.78, 5) is 13.8. The van der Waals surface area contributed by atoms with E-state index in [9.17, 15) is 13.2 Å². The number of nitrogens with zero attached hydrogens (tertiary/aromatic N) is 2. The lowest BCUT2D eigenvalue weighted by atomic mass is 10.3. The van der Waals surface area contributed by atoms with E-state index in [1.807, 2.05) is 13.8 Å². The molecule has 20 heavy (non-hydrogen) atoms. The fourth-order valence-electron chi connectivity index (χ4n) is 1.81. The molecule has 1 aromatic rings. The van der Waals surface area contributed by atoms with Crippen LogP contribution in [0.4, 0.5) is 10.8 Å².